The number of para-hydroxylation sites is 1. The van der Waals surface area contributed by atoms with Crippen LogP contribution < -0.4 is 15.0 Å². The van der Waals surface area contributed by atoms with Crippen LogP contribution in [0.3, 0.4) is 0 Å². The van der Waals surface area contributed by atoms with Gasteiger partial charge in [-0.3, -0.25) is 9.48 Å². The molecular weight excluding hydrogens is 443 g/mol. The van der Waals surface area contributed by atoms with Crippen LogP contribution in [0.2, 0.25) is 0 Å². The quantitative estimate of drug-likeness (QED) is 0.532. The van der Waals surface area contributed by atoms with Crippen molar-refractivity contribution >= 4 is 11.6 Å². The lowest BCUT2D eigenvalue weighted by Gasteiger charge is -2.37. The number of anilines is 1. The van der Waals surface area contributed by atoms with Crippen molar-refractivity contribution in [2.45, 2.75) is 57.5 Å². The summed E-state index contributed by atoms with van der Waals surface area (Å²) in [5.74, 6) is 0.995. The monoisotopic (exact) mass is 474 g/mol. The van der Waals surface area contributed by atoms with Crippen LogP contribution in [0.4, 0.5) is 10.1 Å². The Morgan fingerprint density at radius 3 is 2.63 bits per heavy atom. The maximum Gasteiger partial charge on any atom is 0.230 e. The van der Waals surface area contributed by atoms with E-state index in [1.165, 1.54) is 6.07 Å². The number of hydrogen-bond donors (Lipinski definition) is 1. The molecule has 1 atom stereocenters. The van der Waals surface area contributed by atoms with Crippen LogP contribution in [0.5, 0.6) is 11.5 Å². The first-order chi connectivity index (χ1) is 17.1. The Morgan fingerprint density at radius 1 is 1.11 bits per heavy atom. The number of carbonyl (C=O) groups is 1. The van der Waals surface area contributed by atoms with Crippen LogP contribution in [-0.2, 0) is 11.2 Å². The number of ether oxygens (including phenoxy) is 1. The van der Waals surface area contributed by atoms with Gasteiger partial charge in [0, 0.05) is 34.8 Å². The van der Waals surface area contributed by atoms with Gasteiger partial charge in [0.2, 0.25) is 5.91 Å². The second kappa shape index (κ2) is 9.11. The number of amides is 1. The van der Waals surface area contributed by atoms with Crippen LogP contribution in [0.25, 0.3) is 11.1 Å². The van der Waals surface area contributed by atoms with E-state index in [1.54, 1.807) is 11.1 Å². The molecule has 182 valence electrons. The largest absolute Gasteiger partial charge is 0.456 e. The summed E-state index contributed by atoms with van der Waals surface area (Å²) >= 11 is 0. The fraction of sp³-hybridized carbons (Fsp3) is 0.429. The highest BCUT2D eigenvalue weighted by molar-refractivity contribution is 5.99. The minimum atomic E-state index is -0.370. The molecule has 2 aromatic carbocycles. The summed E-state index contributed by atoms with van der Waals surface area (Å²) < 4.78 is 24.3. The first kappa shape index (κ1) is 22.3. The molecule has 0 radical (unpaired) electrons. The van der Waals surface area contributed by atoms with Crippen molar-refractivity contribution in [1.29, 1.82) is 0 Å². The Bertz CT molecular complexity index is 1230. The molecule has 3 aromatic rings. The molecule has 35 heavy (non-hydrogen) atoms. The topological polar surface area (TPSA) is 59.4 Å². The molecule has 1 saturated carbocycles. The number of hydrogen-bond acceptors (Lipinski definition) is 4. The molecule has 1 N–H and O–H groups in total. The number of carbonyl (C=O) groups excluding carboxylic acids is 1. The minimum Gasteiger partial charge on any atom is -0.456 e. The molecular formula is C28H31FN4O2. The molecule has 1 amide bonds. The number of nitrogens with one attached hydrogen (secondary N) is 1. The van der Waals surface area contributed by atoms with Gasteiger partial charge in [0.05, 0.1) is 17.9 Å². The molecule has 6 nitrogen and oxygen atoms in total. The normalized spacial score (nSPS) is 20.5. The van der Waals surface area contributed by atoms with E-state index in [4.69, 9.17) is 4.74 Å². The smallest absolute Gasteiger partial charge is 0.230 e. The highest BCUT2D eigenvalue weighted by Crippen LogP contribution is 2.47. The highest BCUT2D eigenvalue weighted by Gasteiger charge is 2.41. The fourth-order valence-corrected chi connectivity index (χ4v) is 5.41. The van der Waals surface area contributed by atoms with Gasteiger partial charge in [-0.25, -0.2) is 4.39 Å². The molecule has 7 heteroatoms. The second-order valence-corrected chi connectivity index (χ2v) is 10.0. The zero-order valence-corrected chi connectivity index (χ0v) is 20.0. The van der Waals surface area contributed by atoms with Gasteiger partial charge in [-0.1, -0.05) is 18.2 Å². The van der Waals surface area contributed by atoms with Gasteiger partial charge >= 0.3 is 0 Å². The number of nitrogens with zero attached hydrogens (tertiary/aromatic N) is 3. The van der Waals surface area contributed by atoms with Gasteiger partial charge in [0.25, 0.3) is 0 Å². The average molecular weight is 475 g/mol. The number of aromatic nitrogens is 2. The van der Waals surface area contributed by atoms with Gasteiger partial charge < -0.3 is 15.0 Å². The number of halogens is 1. The second-order valence-electron chi connectivity index (χ2n) is 10.0. The van der Waals surface area contributed by atoms with Crippen molar-refractivity contribution in [2.75, 3.05) is 18.0 Å². The number of rotatable bonds is 5. The molecule has 1 saturated heterocycles. The summed E-state index contributed by atoms with van der Waals surface area (Å²) in [6.07, 6.45) is 9.05. The lowest BCUT2D eigenvalue weighted by atomic mass is 9.91. The molecule has 2 aliphatic heterocycles. The van der Waals surface area contributed by atoms with E-state index in [9.17, 15) is 4.79 Å². The first-order valence-corrected chi connectivity index (χ1v) is 12.8. The van der Waals surface area contributed by atoms with Crippen molar-refractivity contribution in [2.24, 2.45) is 5.92 Å². The predicted octanol–water partition coefficient (Wildman–Crippen LogP) is 5.48. The van der Waals surface area contributed by atoms with Gasteiger partial charge in [-0.2, -0.15) is 5.10 Å². The number of fused-ring (bicyclic) bond motifs is 1. The van der Waals surface area contributed by atoms with Crippen LogP contribution >= 0.6 is 0 Å². The Balaban J connectivity index is 1.47. The third-order valence-electron chi connectivity index (χ3n) is 7.52. The van der Waals surface area contributed by atoms with Crippen LogP contribution in [0.1, 0.15) is 50.6 Å². The summed E-state index contributed by atoms with van der Waals surface area (Å²) in [6.45, 7) is 3.95. The number of benzene rings is 2. The molecule has 3 aliphatic rings. The zero-order valence-electron chi connectivity index (χ0n) is 20.0. The maximum absolute atomic E-state index is 15.9. The Labute approximate surface area is 205 Å². The van der Waals surface area contributed by atoms with Gasteiger partial charge in [0.15, 0.2) is 0 Å². The van der Waals surface area contributed by atoms with Crippen molar-refractivity contribution < 1.29 is 13.9 Å². The van der Waals surface area contributed by atoms with Gasteiger partial charge in [-0.05, 0) is 76.7 Å². The lowest BCUT2D eigenvalue weighted by Crippen LogP contribution is -2.43. The summed E-state index contributed by atoms with van der Waals surface area (Å²) in [7, 11) is 0. The van der Waals surface area contributed by atoms with Crippen molar-refractivity contribution in [3.63, 3.8) is 0 Å². The van der Waals surface area contributed by atoms with Gasteiger partial charge in [0.1, 0.15) is 17.3 Å². The van der Waals surface area contributed by atoms with Crippen LogP contribution in [-0.4, -0.2) is 34.8 Å². The fourth-order valence-electron chi connectivity index (χ4n) is 5.41. The third-order valence-corrected chi connectivity index (χ3v) is 7.52. The SMILES string of the molecule is C[C@H]1CCc2c(Oc3ccccc3)c(-c3cnn(C4CCNCC4)c3)cc(F)c2N1C(=O)C1CC1. The minimum absolute atomic E-state index is 0.0178. The summed E-state index contributed by atoms with van der Waals surface area (Å²) in [4.78, 5) is 14.9. The Morgan fingerprint density at radius 2 is 1.89 bits per heavy atom. The molecule has 3 heterocycles. The van der Waals surface area contributed by atoms with E-state index in [0.29, 0.717) is 35.2 Å². The highest BCUT2D eigenvalue weighted by atomic mass is 19.1. The zero-order chi connectivity index (χ0) is 23.9. The Hall–Kier alpha value is -3.19. The molecule has 1 aromatic heterocycles. The molecule has 1 aliphatic carbocycles. The first-order valence-electron chi connectivity index (χ1n) is 12.8. The molecule has 6 rings (SSSR count). The Kier molecular flexibility index (Phi) is 5.80. The van der Waals surface area contributed by atoms with E-state index in [0.717, 1.165) is 56.3 Å². The van der Waals surface area contributed by atoms with Gasteiger partial charge in [-0.15, -0.1) is 0 Å². The van der Waals surface area contributed by atoms with E-state index >= 15 is 4.39 Å². The van der Waals surface area contributed by atoms with Crippen LogP contribution in [0, 0.1) is 11.7 Å². The summed E-state index contributed by atoms with van der Waals surface area (Å²) in [5, 5.41) is 8.03. The van der Waals surface area contributed by atoms with Crippen molar-refractivity contribution in [3.8, 4) is 22.6 Å². The molecule has 0 bridgehead atoms. The van der Waals surface area contributed by atoms with Crippen molar-refractivity contribution in [3.05, 3.63) is 60.2 Å². The van der Waals surface area contributed by atoms with Crippen molar-refractivity contribution in [1.82, 2.24) is 15.1 Å². The molecule has 0 unspecified atom stereocenters. The molecule has 0 spiro atoms. The van der Waals surface area contributed by atoms with E-state index in [2.05, 4.69) is 10.4 Å². The average Bonchev–Trinajstić information content (AvgIpc) is 3.63. The maximum atomic E-state index is 15.9. The van der Waals surface area contributed by atoms with Crippen LogP contribution in [0.15, 0.2) is 48.8 Å². The molecule has 2 fully saturated rings. The van der Waals surface area contributed by atoms with E-state index in [1.807, 2.05) is 48.1 Å². The summed E-state index contributed by atoms with van der Waals surface area (Å²) in [6, 6.07) is 11.4. The predicted molar refractivity (Wildman–Crippen MR) is 133 cm³/mol. The third kappa shape index (κ3) is 4.22. The van der Waals surface area contributed by atoms with E-state index in [-0.39, 0.29) is 23.7 Å². The standard InChI is InChI=1S/C28H31FN4O2/c1-18-7-10-23-26(33(18)28(34)19-8-9-19)25(29)15-24(27(23)35-22-5-3-2-4-6-22)20-16-31-32(17-20)21-11-13-30-14-12-21/h2-6,15-19,21,30H,7-14H2,1H3/t18-/m0/s1. The lowest BCUT2D eigenvalue weighted by molar-refractivity contribution is -0.120. The van der Waals surface area contributed by atoms with E-state index < -0.39 is 0 Å². The number of piperidine rings is 1. The summed E-state index contributed by atoms with van der Waals surface area (Å²) in [5.41, 5.74) is 2.67.